The molecule has 0 bridgehead atoms. The van der Waals surface area contributed by atoms with Gasteiger partial charge in [-0.05, 0) is 104 Å². The Morgan fingerprint density at radius 2 is 1.48 bits per heavy atom. The summed E-state index contributed by atoms with van der Waals surface area (Å²) in [6.45, 7) is 25.1. The van der Waals surface area contributed by atoms with Crippen LogP contribution in [0.25, 0.3) is 5.57 Å². The average molecular weight is 588 g/mol. The summed E-state index contributed by atoms with van der Waals surface area (Å²) in [4.78, 5) is 0. The van der Waals surface area contributed by atoms with E-state index in [9.17, 15) is 0 Å². The van der Waals surface area contributed by atoms with Crippen molar-refractivity contribution in [1.29, 1.82) is 0 Å². The molecule has 0 spiro atoms. The van der Waals surface area contributed by atoms with E-state index in [1.807, 2.05) is 0 Å². The average Bonchev–Trinajstić information content (AvgIpc) is 3.46. The quantitative estimate of drug-likeness (QED) is 0.260. The highest BCUT2D eigenvalue weighted by Crippen LogP contribution is 2.62. The van der Waals surface area contributed by atoms with E-state index < -0.39 is 8.24 Å². The van der Waals surface area contributed by atoms with Crippen LogP contribution < -0.4 is 0 Å². The van der Waals surface area contributed by atoms with Gasteiger partial charge in [-0.1, -0.05) is 129 Å². The first-order valence-corrected chi connectivity index (χ1v) is 21.2. The Morgan fingerprint density at radius 3 is 2.05 bits per heavy atom. The molecule has 1 aromatic carbocycles. The number of benzene rings is 1. The van der Waals surface area contributed by atoms with Crippen LogP contribution in [0.3, 0.4) is 0 Å². The number of nitrogens with zero attached hydrogens (tertiary/aromatic N) is 1. The fraction of sp³-hybridized carbons (Fsp3) is 0.750. The summed E-state index contributed by atoms with van der Waals surface area (Å²) in [7, 11) is -1.73. The minimum atomic E-state index is -1.73. The van der Waals surface area contributed by atoms with Crippen molar-refractivity contribution >= 4 is 13.8 Å². The van der Waals surface area contributed by atoms with E-state index in [2.05, 4.69) is 103 Å². The minimum Gasteiger partial charge on any atom is -0.316 e. The topological polar surface area (TPSA) is 3.24 Å². The zero-order chi connectivity index (χ0) is 30.5. The number of fused-ring (bicyclic) bond motifs is 4. The molecule has 2 heteroatoms. The van der Waals surface area contributed by atoms with Crippen LogP contribution in [0.1, 0.15) is 156 Å². The number of hydrogen-bond donors (Lipinski definition) is 0. The van der Waals surface area contributed by atoms with E-state index in [0.717, 1.165) is 23.4 Å². The lowest BCUT2D eigenvalue weighted by Crippen LogP contribution is -2.64. The van der Waals surface area contributed by atoms with E-state index in [-0.39, 0.29) is 16.4 Å². The molecular formula is C40H65NSi. The molecule has 3 unspecified atom stereocenters. The molecule has 0 amide bonds. The molecule has 0 heterocycles. The number of rotatable bonds is 9. The first kappa shape index (κ1) is 32.3. The lowest BCUT2D eigenvalue weighted by Gasteiger charge is -2.55. The van der Waals surface area contributed by atoms with E-state index in [1.165, 1.54) is 89.0 Å². The third-order valence-corrected chi connectivity index (χ3v) is 16.9. The molecule has 2 saturated carbocycles. The molecule has 0 aromatic heterocycles. The Morgan fingerprint density at radius 1 is 0.833 bits per heavy atom. The Labute approximate surface area is 262 Å². The summed E-state index contributed by atoms with van der Waals surface area (Å²) >= 11 is 0. The zero-order valence-electron chi connectivity index (χ0n) is 29.3. The molecule has 3 atom stereocenters. The lowest BCUT2D eigenvalue weighted by molar-refractivity contribution is 0.140. The van der Waals surface area contributed by atoms with Crippen molar-refractivity contribution in [1.82, 2.24) is 4.57 Å². The highest BCUT2D eigenvalue weighted by atomic mass is 28.3. The maximum Gasteiger partial charge on any atom is 0.126 e. The Hall–Kier alpha value is -1.12. The molecule has 5 rings (SSSR count). The van der Waals surface area contributed by atoms with E-state index >= 15 is 0 Å². The summed E-state index contributed by atoms with van der Waals surface area (Å²) in [5, 5.41) is 0. The standard InChI is InChI=1S/C40H65NSi/c1-11-13-24-40(25-14-12-2)35-27-30(38(3,4)5)21-22-32(35)34-26-29-20-23-37(33(29)28-36(34)40)42(9,10)41(39(6,7)8)31-18-16-15-17-19-31/h21-22,26-29,31,33,37H,11-20,23-25H2,1-10H3. The number of unbranched alkanes of at least 4 members (excludes halogenated alkanes) is 2. The predicted octanol–water partition coefficient (Wildman–Crippen LogP) is 12.0. The summed E-state index contributed by atoms with van der Waals surface area (Å²) < 4.78 is 3.16. The van der Waals surface area contributed by atoms with Crippen molar-refractivity contribution in [2.45, 2.75) is 180 Å². The first-order valence-electron chi connectivity index (χ1n) is 18.1. The van der Waals surface area contributed by atoms with Crippen molar-refractivity contribution in [2.24, 2.45) is 11.8 Å². The maximum atomic E-state index is 3.16. The third-order valence-electron chi connectivity index (χ3n) is 12.1. The highest BCUT2D eigenvalue weighted by molar-refractivity contribution is 6.76. The fourth-order valence-electron chi connectivity index (χ4n) is 10.4. The second-order valence-electron chi connectivity index (χ2n) is 17.4. The molecule has 4 aliphatic rings. The van der Waals surface area contributed by atoms with Crippen molar-refractivity contribution in [2.75, 3.05) is 0 Å². The van der Waals surface area contributed by atoms with Crippen molar-refractivity contribution in [3.63, 3.8) is 0 Å². The maximum absolute atomic E-state index is 3.16. The normalized spacial score (nSPS) is 26.1. The monoisotopic (exact) mass is 587 g/mol. The first-order chi connectivity index (χ1) is 19.8. The van der Waals surface area contributed by atoms with Gasteiger partial charge in [0, 0.05) is 17.0 Å². The number of allylic oxidation sites excluding steroid dienone is 4. The molecule has 0 aliphatic heterocycles. The molecule has 4 aliphatic carbocycles. The fourth-order valence-corrected chi connectivity index (χ4v) is 15.8. The van der Waals surface area contributed by atoms with Crippen LogP contribution in [-0.2, 0) is 10.8 Å². The summed E-state index contributed by atoms with van der Waals surface area (Å²) in [5.74, 6) is 1.44. The second-order valence-corrected chi connectivity index (χ2v) is 21.9. The van der Waals surface area contributed by atoms with Crippen LogP contribution in [0, 0.1) is 11.8 Å². The van der Waals surface area contributed by atoms with Gasteiger partial charge in [0.2, 0.25) is 0 Å². The van der Waals surface area contributed by atoms with Gasteiger partial charge in [0.15, 0.2) is 0 Å². The van der Waals surface area contributed by atoms with E-state index in [4.69, 9.17) is 0 Å². The second kappa shape index (κ2) is 12.0. The molecule has 234 valence electrons. The predicted molar refractivity (Wildman–Crippen MR) is 188 cm³/mol. The summed E-state index contributed by atoms with van der Waals surface area (Å²) in [6.07, 6.45) is 23.6. The Balaban J connectivity index is 1.61. The van der Waals surface area contributed by atoms with Gasteiger partial charge >= 0.3 is 0 Å². The van der Waals surface area contributed by atoms with Gasteiger partial charge in [0.05, 0.1) is 0 Å². The van der Waals surface area contributed by atoms with Crippen LogP contribution in [-0.4, -0.2) is 24.4 Å². The molecule has 42 heavy (non-hydrogen) atoms. The van der Waals surface area contributed by atoms with E-state index in [1.54, 1.807) is 22.3 Å². The van der Waals surface area contributed by atoms with Crippen LogP contribution in [0.15, 0.2) is 35.9 Å². The largest absolute Gasteiger partial charge is 0.316 e. The van der Waals surface area contributed by atoms with Gasteiger partial charge in [-0.25, -0.2) is 0 Å². The summed E-state index contributed by atoms with van der Waals surface area (Å²) in [5.41, 5.74) is 9.64. The molecule has 1 aromatic rings. The molecular weight excluding hydrogens is 523 g/mol. The zero-order valence-corrected chi connectivity index (χ0v) is 30.3. The smallest absolute Gasteiger partial charge is 0.126 e. The van der Waals surface area contributed by atoms with Crippen LogP contribution in [0.2, 0.25) is 18.6 Å². The molecule has 1 nitrogen and oxygen atoms in total. The van der Waals surface area contributed by atoms with Crippen molar-refractivity contribution < 1.29 is 0 Å². The van der Waals surface area contributed by atoms with Crippen LogP contribution in [0.4, 0.5) is 0 Å². The molecule has 0 saturated heterocycles. The lowest BCUT2D eigenvalue weighted by atomic mass is 9.68. The Kier molecular flexibility index (Phi) is 9.22. The SMILES string of the molecule is CCCCC1(CCCC)C2=CC3C(C=C2c2ccc(C(C)(C)C)cc21)CCC3[Si](C)(C)N(C1CCCCC1)C(C)(C)C. The van der Waals surface area contributed by atoms with Gasteiger partial charge < -0.3 is 4.57 Å². The van der Waals surface area contributed by atoms with Gasteiger partial charge in [0.1, 0.15) is 8.24 Å². The number of hydrogen-bond acceptors (Lipinski definition) is 1. The van der Waals surface area contributed by atoms with Gasteiger partial charge in [-0.2, -0.15) is 0 Å². The van der Waals surface area contributed by atoms with Crippen LogP contribution >= 0.6 is 0 Å². The minimum absolute atomic E-state index is 0.180. The van der Waals surface area contributed by atoms with Gasteiger partial charge in [0.25, 0.3) is 0 Å². The highest BCUT2D eigenvalue weighted by Gasteiger charge is 2.54. The van der Waals surface area contributed by atoms with Gasteiger partial charge in [-0.3, -0.25) is 0 Å². The molecule has 0 N–H and O–H groups in total. The summed E-state index contributed by atoms with van der Waals surface area (Å²) in [6, 6.07) is 8.45. The van der Waals surface area contributed by atoms with E-state index in [0.29, 0.717) is 0 Å². The van der Waals surface area contributed by atoms with Crippen molar-refractivity contribution in [3.8, 4) is 0 Å². The molecule has 2 fully saturated rings. The third kappa shape index (κ3) is 5.70. The van der Waals surface area contributed by atoms with Crippen LogP contribution in [0.5, 0.6) is 0 Å². The molecule has 0 radical (unpaired) electrons. The Bertz CT molecular complexity index is 1160. The van der Waals surface area contributed by atoms with Crippen molar-refractivity contribution in [3.05, 3.63) is 52.6 Å². The van der Waals surface area contributed by atoms with Gasteiger partial charge in [-0.15, -0.1) is 0 Å².